The van der Waals surface area contributed by atoms with Gasteiger partial charge in [0.2, 0.25) is 0 Å². The van der Waals surface area contributed by atoms with E-state index < -0.39 is 5.97 Å². The van der Waals surface area contributed by atoms with Crippen LogP contribution in [0, 0.1) is 0 Å². The van der Waals surface area contributed by atoms with Gasteiger partial charge in [-0.1, -0.05) is 0 Å². The van der Waals surface area contributed by atoms with Crippen LogP contribution in [0.25, 0.3) is 10.9 Å². The van der Waals surface area contributed by atoms with Gasteiger partial charge in [-0.25, -0.2) is 9.78 Å². The molecule has 2 rings (SSSR count). The molecule has 0 amide bonds. The summed E-state index contributed by atoms with van der Waals surface area (Å²) in [5.74, 6) is -0.510. The van der Waals surface area contributed by atoms with E-state index in [2.05, 4.69) is 30.1 Å². The molecule has 2 aromatic rings. The number of nitrogens with zero attached hydrogens (tertiary/aromatic N) is 2. The zero-order valence-electron chi connectivity index (χ0n) is 6.98. The lowest BCUT2D eigenvalue weighted by atomic mass is 10.2. The first-order valence-electron chi connectivity index (χ1n) is 3.85. The van der Waals surface area contributed by atoms with Gasteiger partial charge in [0.15, 0.2) is 16.3 Å². The minimum absolute atomic E-state index is 0.264. The topological polar surface area (TPSA) is 52.1 Å². The molecule has 2 aromatic heterocycles. The largest absolute Gasteiger partial charge is 0.379 e. The highest BCUT2D eigenvalue weighted by Gasteiger charge is 2.07. The van der Waals surface area contributed by atoms with Crippen molar-refractivity contribution in [1.82, 2.24) is 9.97 Å². The summed E-state index contributed by atoms with van der Waals surface area (Å²) in [6.07, 6.45) is 3.31. The Morgan fingerprint density at radius 1 is 1.36 bits per heavy atom. The Bertz CT molecular complexity index is 487. The van der Waals surface area contributed by atoms with Crippen LogP contribution < -0.4 is 0 Å². The van der Waals surface area contributed by atoms with Gasteiger partial charge in [-0.05, 0) is 18.2 Å². The molecule has 5 heteroatoms. The summed E-state index contributed by atoms with van der Waals surface area (Å²) >= 11 is 2.61. The van der Waals surface area contributed by atoms with Crippen LogP contribution in [-0.2, 0) is 3.83 Å². The van der Waals surface area contributed by atoms with Crippen molar-refractivity contribution in [3.8, 4) is 0 Å². The summed E-state index contributed by atoms with van der Waals surface area (Å²) < 4.78 is 4.38. The zero-order valence-corrected chi connectivity index (χ0v) is 8.56. The zero-order chi connectivity index (χ0) is 9.97. The maximum Gasteiger partial charge on any atom is 0.368 e. The van der Waals surface area contributed by atoms with Crippen molar-refractivity contribution in [3.63, 3.8) is 0 Å². The third kappa shape index (κ3) is 1.58. The van der Waals surface area contributed by atoms with E-state index in [4.69, 9.17) is 0 Å². The van der Waals surface area contributed by atoms with Crippen LogP contribution in [0.2, 0.25) is 0 Å². The molecule has 2 heterocycles. The van der Waals surface area contributed by atoms with E-state index in [1.54, 1.807) is 30.6 Å². The Balaban J connectivity index is 2.56. The highest BCUT2D eigenvalue weighted by molar-refractivity contribution is 9.06. The monoisotopic (exact) mass is 252 g/mol. The number of carbonyl (C=O) groups is 1. The third-order valence-corrected chi connectivity index (χ3v) is 2.06. The van der Waals surface area contributed by atoms with E-state index in [0.717, 1.165) is 10.9 Å². The summed E-state index contributed by atoms with van der Waals surface area (Å²) in [4.78, 5) is 19.2. The molecular formula is C9H5BrN2O2. The van der Waals surface area contributed by atoms with Crippen molar-refractivity contribution < 1.29 is 8.62 Å². The minimum atomic E-state index is -0.510. The smallest absolute Gasteiger partial charge is 0.368 e. The fourth-order valence-corrected chi connectivity index (χ4v) is 1.28. The lowest BCUT2D eigenvalue weighted by Gasteiger charge is -1.98. The second-order valence-electron chi connectivity index (χ2n) is 2.63. The number of rotatable bonds is 1. The molecule has 0 N–H and O–H groups in total. The van der Waals surface area contributed by atoms with Crippen LogP contribution in [0.15, 0.2) is 30.6 Å². The van der Waals surface area contributed by atoms with Gasteiger partial charge < -0.3 is 3.83 Å². The van der Waals surface area contributed by atoms with Crippen LogP contribution in [0.1, 0.15) is 10.5 Å². The molecule has 0 bridgehead atoms. The second-order valence-corrected chi connectivity index (χ2v) is 2.95. The molecule has 4 nitrogen and oxygen atoms in total. The quantitative estimate of drug-likeness (QED) is 0.780. The van der Waals surface area contributed by atoms with Crippen molar-refractivity contribution in [3.05, 3.63) is 36.3 Å². The van der Waals surface area contributed by atoms with Crippen LogP contribution in [-0.4, -0.2) is 15.9 Å². The molecule has 0 aromatic carbocycles. The van der Waals surface area contributed by atoms with Crippen LogP contribution >= 0.6 is 16.3 Å². The van der Waals surface area contributed by atoms with Gasteiger partial charge in [-0.2, -0.15) is 0 Å². The van der Waals surface area contributed by atoms with Crippen LogP contribution in [0.3, 0.4) is 0 Å². The van der Waals surface area contributed by atoms with Gasteiger partial charge in [0.1, 0.15) is 5.69 Å². The number of carbonyl (C=O) groups excluding carboxylic acids is 1. The molecular weight excluding hydrogens is 248 g/mol. The highest BCUT2D eigenvalue weighted by atomic mass is 79.9. The Labute approximate surface area is 88.4 Å². The maximum atomic E-state index is 11.1. The van der Waals surface area contributed by atoms with E-state index in [1.165, 1.54) is 0 Å². The second kappa shape index (κ2) is 3.71. The molecule has 0 fully saturated rings. The molecule has 0 radical (unpaired) electrons. The number of pyridine rings is 2. The Kier molecular flexibility index (Phi) is 2.41. The third-order valence-electron chi connectivity index (χ3n) is 1.77. The molecule has 0 spiro atoms. The van der Waals surface area contributed by atoms with Gasteiger partial charge in [0, 0.05) is 17.8 Å². The average Bonchev–Trinajstić information content (AvgIpc) is 2.27. The summed E-state index contributed by atoms with van der Waals surface area (Å²) in [6, 6.07) is 5.10. The molecule has 14 heavy (non-hydrogen) atoms. The first-order valence-corrected chi connectivity index (χ1v) is 4.50. The lowest BCUT2D eigenvalue weighted by molar-refractivity contribution is 0.0776. The van der Waals surface area contributed by atoms with E-state index >= 15 is 0 Å². The van der Waals surface area contributed by atoms with E-state index in [0.29, 0.717) is 0 Å². The molecule has 70 valence electrons. The van der Waals surface area contributed by atoms with Gasteiger partial charge in [-0.3, -0.25) is 4.98 Å². The number of halogens is 1. The fourth-order valence-electron chi connectivity index (χ4n) is 1.12. The maximum absolute atomic E-state index is 11.1. The molecule has 0 aliphatic carbocycles. The van der Waals surface area contributed by atoms with Crippen molar-refractivity contribution in [1.29, 1.82) is 0 Å². The summed E-state index contributed by atoms with van der Waals surface area (Å²) in [5, 5.41) is 0.888. The van der Waals surface area contributed by atoms with Gasteiger partial charge in [-0.15, -0.1) is 0 Å². The predicted molar refractivity (Wildman–Crippen MR) is 53.9 cm³/mol. The van der Waals surface area contributed by atoms with Gasteiger partial charge >= 0.3 is 5.97 Å². The van der Waals surface area contributed by atoms with Crippen molar-refractivity contribution in [2.75, 3.05) is 0 Å². The predicted octanol–water partition coefficient (Wildman–Crippen LogP) is 2.10. The molecule has 0 aliphatic rings. The standard InChI is InChI=1S/C9H5BrN2O2/c10-14-9(13)8-2-1-6-5-11-4-3-7(6)12-8/h1-5H. The Morgan fingerprint density at radius 3 is 3.00 bits per heavy atom. The number of hydrogen-bond acceptors (Lipinski definition) is 4. The average molecular weight is 253 g/mol. The van der Waals surface area contributed by atoms with Crippen molar-refractivity contribution >= 4 is 33.1 Å². The molecule has 0 atom stereocenters. The normalized spacial score (nSPS) is 10.1. The van der Waals surface area contributed by atoms with E-state index in [9.17, 15) is 4.79 Å². The SMILES string of the molecule is O=C(OBr)c1ccc2cnccc2n1. The highest BCUT2D eigenvalue weighted by Crippen LogP contribution is 2.11. The molecule has 0 saturated carbocycles. The molecule has 0 unspecified atom stereocenters. The first-order chi connectivity index (χ1) is 6.81. The van der Waals surface area contributed by atoms with Crippen molar-refractivity contribution in [2.24, 2.45) is 0 Å². The van der Waals surface area contributed by atoms with Gasteiger partial charge in [0.05, 0.1) is 5.52 Å². The van der Waals surface area contributed by atoms with Crippen LogP contribution in [0.4, 0.5) is 0 Å². The Morgan fingerprint density at radius 2 is 2.21 bits per heavy atom. The number of aromatic nitrogens is 2. The number of fused-ring (bicyclic) bond motifs is 1. The van der Waals surface area contributed by atoms with E-state index in [-0.39, 0.29) is 5.69 Å². The van der Waals surface area contributed by atoms with Crippen LogP contribution in [0.5, 0.6) is 0 Å². The minimum Gasteiger partial charge on any atom is -0.379 e. The molecule has 0 saturated heterocycles. The summed E-state index contributed by atoms with van der Waals surface area (Å²) in [6.45, 7) is 0. The molecule has 0 aliphatic heterocycles. The van der Waals surface area contributed by atoms with E-state index in [1.807, 2.05) is 0 Å². The summed E-state index contributed by atoms with van der Waals surface area (Å²) in [7, 11) is 0. The number of hydrogen-bond donors (Lipinski definition) is 0. The first kappa shape index (κ1) is 9.08. The summed E-state index contributed by atoms with van der Waals surface area (Å²) in [5.41, 5.74) is 0.982. The van der Waals surface area contributed by atoms with Crippen molar-refractivity contribution in [2.45, 2.75) is 0 Å². The fraction of sp³-hybridized carbons (Fsp3) is 0. The lowest BCUT2D eigenvalue weighted by Crippen LogP contribution is -2.00. The van der Waals surface area contributed by atoms with Gasteiger partial charge in [0.25, 0.3) is 0 Å². The Hall–Kier alpha value is -1.49.